The molecule has 2 bridgehead atoms. The molecule has 2 atom stereocenters. The van der Waals surface area contributed by atoms with Gasteiger partial charge in [0.15, 0.2) is 0 Å². The highest BCUT2D eigenvalue weighted by molar-refractivity contribution is 6.16. The van der Waals surface area contributed by atoms with Gasteiger partial charge in [-0.05, 0) is 94.0 Å². The lowest BCUT2D eigenvalue weighted by molar-refractivity contribution is 0.768. The molecular weight excluding hydrogens is 877 g/mol. The van der Waals surface area contributed by atoms with Gasteiger partial charge in [0.25, 0.3) is 0 Å². The summed E-state index contributed by atoms with van der Waals surface area (Å²) in [6, 6.07) is 84.5. The summed E-state index contributed by atoms with van der Waals surface area (Å²) in [6.45, 7) is 0. The van der Waals surface area contributed by atoms with Gasteiger partial charge < -0.3 is 4.57 Å². The van der Waals surface area contributed by atoms with Crippen molar-refractivity contribution in [3.05, 3.63) is 264 Å². The van der Waals surface area contributed by atoms with Crippen LogP contribution >= 0.6 is 0 Å². The molecule has 18 rings (SSSR count). The Labute approximate surface area is 412 Å². The molecule has 2 unspecified atom stereocenters. The van der Waals surface area contributed by atoms with Gasteiger partial charge in [-0.2, -0.15) is 9.97 Å². The van der Waals surface area contributed by atoms with Crippen LogP contribution in [0.2, 0.25) is 0 Å². The molecule has 6 nitrogen and oxygen atoms in total. The fourth-order valence-corrected chi connectivity index (χ4v) is 13.5. The van der Waals surface area contributed by atoms with E-state index in [0.29, 0.717) is 5.95 Å². The lowest BCUT2D eigenvalue weighted by Gasteiger charge is -2.43. The van der Waals surface area contributed by atoms with Gasteiger partial charge in [0.2, 0.25) is 5.95 Å². The molecule has 0 saturated carbocycles. The zero-order valence-electron chi connectivity index (χ0n) is 38.8. The van der Waals surface area contributed by atoms with Crippen molar-refractivity contribution >= 4 is 87.2 Å². The van der Waals surface area contributed by atoms with Crippen molar-refractivity contribution in [2.24, 2.45) is 0 Å². The van der Waals surface area contributed by atoms with E-state index in [1.54, 1.807) is 0 Å². The molecule has 6 heteroatoms. The number of para-hydroxylation sites is 7. The highest BCUT2D eigenvalue weighted by Gasteiger charge is 2.44. The van der Waals surface area contributed by atoms with Crippen LogP contribution in [0.3, 0.4) is 0 Å². The predicted octanol–water partition coefficient (Wildman–Crippen LogP) is 15.9. The first-order valence-corrected chi connectivity index (χ1v) is 24.9. The Kier molecular flexibility index (Phi) is 7.49. The van der Waals surface area contributed by atoms with Crippen molar-refractivity contribution in [3.8, 4) is 23.3 Å². The Balaban J connectivity index is 0.990. The standard InChI is InChI=1S/C66H40N6/c1-2-18-39(19-3-1)69-54-32-16-10-26-46(54)61-56(69)36-34-48-60-44-24-4-5-25-45(44)63(64(48)61)65-49(60)35-37-57-62(65)47-27-11-17-33-55(47)72(57)66-67-58(70-50-28-12-6-20-40(50)41-21-7-13-29-51(41)70)38-59(68-66)71-52-30-14-8-22-42(52)43-23-9-15-31-53(43)71/h1-38,60,63H. The molecule has 0 radical (unpaired) electrons. The van der Waals surface area contributed by atoms with E-state index < -0.39 is 0 Å². The van der Waals surface area contributed by atoms with E-state index in [4.69, 9.17) is 9.97 Å². The monoisotopic (exact) mass is 916 g/mol. The minimum Gasteiger partial charge on any atom is -0.309 e. The summed E-state index contributed by atoms with van der Waals surface area (Å²) < 4.78 is 9.46. The van der Waals surface area contributed by atoms with Crippen LogP contribution in [-0.2, 0) is 0 Å². The van der Waals surface area contributed by atoms with Gasteiger partial charge in [-0.1, -0.05) is 164 Å². The predicted molar refractivity (Wildman–Crippen MR) is 294 cm³/mol. The number of hydrogen-bond acceptors (Lipinski definition) is 2. The van der Waals surface area contributed by atoms with Crippen LogP contribution in [0.15, 0.2) is 231 Å². The second-order valence-electron chi connectivity index (χ2n) is 19.6. The van der Waals surface area contributed by atoms with Crippen LogP contribution < -0.4 is 0 Å². The van der Waals surface area contributed by atoms with Crippen molar-refractivity contribution in [1.29, 1.82) is 0 Å². The number of hydrogen-bond donors (Lipinski definition) is 0. The molecule has 0 N–H and O–H groups in total. The summed E-state index contributed by atoms with van der Waals surface area (Å²) in [5, 5.41) is 9.81. The molecule has 72 heavy (non-hydrogen) atoms. The van der Waals surface area contributed by atoms with Crippen LogP contribution in [-0.4, -0.2) is 28.2 Å². The van der Waals surface area contributed by atoms with E-state index in [1.165, 1.54) is 93.2 Å². The van der Waals surface area contributed by atoms with Gasteiger partial charge in [-0.3, -0.25) is 13.7 Å². The first-order valence-electron chi connectivity index (χ1n) is 24.9. The fraction of sp³-hybridized carbons (Fsp3) is 0.0303. The molecule has 0 spiro atoms. The normalized spacial score (nSPS) is 14.9. The molecule has 5 aromatic heterocycles. The van der Waals surface area contributed by atoms with Crippen molar-refractivity contribution in [2.75, 3.05) is 0 Å². The average Bonchev–Trinajstić information content (AvgIpc) is 4.18. The Morgan fingerprint density at radius 3 is 1.10 bits per heavy atom. The summed E-state index contributed by atoms with van der Waals surface area (Å²) in [7, 11) is 0. The van der Waals surface area contributed by atoms with Crippen molar-refractivity contribution in [3.63, 3.8) is 0 Å². The molecule has 334 valence electrons. The second kappa shape index (κ2) is 14.1. The van der Waals surface area contributed by atoms with Gasteiger partial charge in [0.05, 0.1) is 44.1 Å². The lowest BCUT2D eigenvalue weighted by Crippen LogP contribution is -2.28. The van der Waals surface area contributed by atoms with Gasteiger partial charge in [-0.25, -0.2) is 0 Å². The van der Waals surface area contributed by atoms with E-state index >= 15 is 0 Å². The van der Waals surface area contributed by atoms with E-state index in [-0.39, 0.29) is 11.8 Å². The number of aromatic nitrogens is 6. The summed E-state index contributed by atoms with van der Waals surface area (Å²) in [6.07, 6.45) is 0. The quantitative estimate of drug-likeness (QED) is 0.177. The smallest absolute Gasteiger partial charge is 0.238 e. The number of fused-ring (bicyclic) bond motifs is 12. The SMILES string of the molecule is c1ccc(-n2c3ccccc3c3c4c(ccc32)C2c3ccccc3C4c3c2ccc2c3c3ccccc3n2-c2nc(-n3c4ccccc4c4ccccc43)cc(-n3c4ccccc4c4ccccc43)n2)cc1. The molecule has 0 amide bonds. The van der Waals surface area contributed by atoms with Gasteiger partial charge in [0, 0.05) is 66.7 Å². The van der Waals surface area contributed by atoms with E-state index in [9.17, 15) is 0 Å². The molecule has 10 aromatic carbocycles. The van der Waals surface area contributed by atoms with Gasteiger partial charge in [-0.15, -0.1) is 0 Å². The summed E-state index contributed by atoms with van der Waals surface area (Å²) in [4.78, 5) is 11.5. The highest BCUT2D eigenvalue weighted by atomic mass is 15.2. The van der Waals surface area contributed by atoms with E-state index in [1.807, 2.05) is 0 Å². The fourth-order valence-electron chi connectivity index (χ4n) is 13.5. The van der Waals surface area contributed by atoms with Crippen LogP contribution in [0.5, 0.6) is 0 Å². The average molecular weight is 917 g/mol. The van der Waals surface area contributed by atoms with Crippen LogP contribution in [0.25, 0.3) is 110 Å². The van der Waals surface area contributed by atoms with Crippen LogP contribution in [0.4, 0.5) is 0 Å². The van der Waals surface area contributed by atoms with Crippen LogP contribution in [0, 0.1) is 0 Å². The van der Waals surface area contributed by atoms with E-state index in [0.717, 1.165) is 44.7 Å². The topological polar surface area (TPSA) is 45.5 Å². The molecule has 5 heterocycles. The molecule has 15 aromatic rings. The van der Waals surface area contributed by atoms with Crippen LogP contribution in [0.1, 0.15) is 45.2 Å². The molecule has 0 fully saturated rings. The van der Waals surface area contributed by atoms with Crippen molar-refractivity contribution in [2.45, 2.75) is 11.8 Å². The largest absolute Gasteiger partial charge is 0.309 e. The third-order valence-corrected chi connectivity index (χ3v) is 16.2. The maximum absolute atomic E-state index is 5.73. The lowest BCUT2D eigenvalue weighted by atomic mass is 9.59. The third-order valence-electron chi connectivity index (χ3n) is 16.2. The first kappa shape index (κ1) is 38.3. The number of nitrogens with zero attached hydrogens (tertiary/aromatic N) is 6. The Morgan fingerprint density at radius 2 is 0.625 bits per heavy atom. The molecular formula is C66H40N6. The summed E-state index contributed by atoms with van der Waals surface area (Å²) in [5.41, 5.74) is 18.5. The number of rotatable bonds is 4. The van der Waals surface area contributed by atoms with Gasteiger partial charge >= 0.3 is 0 Å². The Hall–Kier alpha value is -9.52. The second-order valence-corrected chi connectivity index (χ2v) is 19.6. The van der Waals surface area contributed by atoms with E-state index in [2.05, 4.69) is 249 Å². The minimum atomic E-state index is -0.0177. The highest BCUT2D eigenvalue weighted by Crippen LogP contribution is 2.60. The van der Waals surface area contributed by atoms with Crippen molar-refractivity contribution < 1.29 is 0 Å². The summed E-state index contributed by atoms with van der Waals surface area (Å²) >= 11 is 0. The Morgan fingerprint density at radius 1 is 0.264 bits per heavy atom. The molecule has 3 aliphatic rings. The molecule has 3 aliphatic carbocycles. The first-order chi connectivity index (χ1) is 35.8. The summed E-state index contributed by atoms with van der Waals surface area (Å²) in [5.74, 6) is 2.28. The van der Waals surface area contributed by atoms with Crippen molar-refractivity contribution in [1.82, 2.24) is 28.2 Å². The Bertz CT molecular complexity index is 4590. The zero-order valence-corrected chi connectivity index (χ0v) is 38.8. The van der Waals surface area contributed by atoms with Gasteiger partial charge in [0.1, 0.15) is 11.6 Å². The maximum Gasteiger partial charge on any atom is 0.238 e. The third kappa shape index (κ3) is 4.88. The molecule has 0 saturated heterocycles. The number of benzene rings is 10. The maximum atomic E-state index is 5.73. The molecule has 0 aliphatic heterocycles. The zero-order chi connectivity index (χ0) is 46.8. The minimum absolute atomic E-state index is 0.0177.